The number of benzene rings is 1. The van der Waals surface area contributed by atoms with Gasteiger partial charge >= 0.3 is 6.03 Å². The third-order valence-electron chi connectivity index (χ3n) is 2.70. The molecule has 0 saturated carbocycles. The first-order valence-corrected chi connectivity index (χ1v) is 6.22. The molecule has 3 nitrogen and oxygen atoms in total. The van der Waals surface area contributed by atoms with Gasteiger partial charge in [0.05, 0.1) is 0 Å². The van der Waals surface area contributed by atoms with Crippen LogP contribution in [0.5, 0.6) is 0 Å². The van der Waals surface area contributed by atoms with Gasteiger partial charge < -0.3 is 10.2 Å². The highest BCUT2D eigenvalue weighted by atomic mass is 19.1. The number of carbonyl (C=O) groups is 1. The number of urea groups is 1. The van der Waals surface area contributed by atoms with E-state index < -0.39 is 0 Å². The Balaban J connectivity index is 2.57. The SMILES string of the molecule is CC(C)N(C(=O)NCc1ccc(F)cc1)C(C)C. The fraction of sp³-hybridized carbons (Fsp3) is 0.500. The Morgan fingerprint density at radius 1 is 1.17 bits per heavy atom. The zero-order chi connectivity index (χ0) is 13.7. The molecule has 100 valence electrons. The van der Waals surface area contributed by atoms with E-state index in [2.05, 4.69) is 5.32 Å². The molecular formula is C14H21FN2O. The maximum absolute atomic E-state index is 12.7. The highest BCUT2D eigenvalue weighted by molar-refractivity contribution is 5.74. The Kier molecular flexibility index (Phi) is 5.13. The number of carbonyl (C=O) groups excluding carboxylic acids is 1. The highest BCUT2D eigenvalue weighted by Crippen LogP contribution is 2.07. The van der Waals surface area contributed by atoms with Crippen molar-refractivity contribution in [2.24, 2.45) is 0 Å². The summed E-state index contributed by atoms with van der Waals surface area (Å²) >= 11 is 0. The average molecular weight is 252 g/mol. The topological polar surface area (TPSA) is 32.3 Å². The Labute approximate surface area is 108 Å². The minimum atomic E-state index is -0.268. The van der Waals surface area contributed by atoms with Crippen molar-refractivity contribution in [1.82, 2.24) is 10.2 Å². The smallest absolute Gasteiger partial charge is 0.318 e. The van der Waals surface area contributed by atoms with Gasteiger partial charge in [0.15, 0.2) is 0 Å². The zero-order valence-corrected chi connectivity index (χ0v) is 11.4. The van der Waals surface area contributed by atoms with E-state index in [9.17, 15) is 9.18 Å². The molecule has 1 aromatic carbocycles. The Hall–Kier alpha value is -1.58. The normalized spacial score (nSPS) is 10.8. The van der Waals surface area contributed by atoms with Crippen LogP contribution in [-0.4, -0.2) is 23.0 Å². The minimum absolute atomic E-state index is 0.0932. The molecule has 1 aromatic rings. The van der Waals surface area contributed by atoms with Gasteiger partial charge in [-0.25, -0.2) is 9.18 Å². The molecular weight excluding hydrogens is 231 g/mol. The summed E-state index contributed by atoms with van der Waals surface area (Å²) in [4.78, 5) is 13.8. The summed E-state index contributed by atoms with van der Waals surface area (Å²) in [5, 5.41) is 2.85. The lowest BCUT2D eigenvalue weighted by molar-refractivity contribution is 0.164. The molecule has 2 amide bonds. The number of rotatable bonds is 4. The van der Waals surface area contributed by atoms with E-state index in [0.717, 1.165) is 5.56 Å². The van der Waals surface area contributed by atoms with Crippen LogP contribution in [-0.2, 0) is 6.54 Å². The molecule has 0 bridgehead atoms. The predicted molar refractivity (Wildman–Crippen MR) is 70.7 cm³/mol. The summed E-state index contributed by atoms with van der Waals surface area (Å²) in [6, 6.07) is 6.34. The van der Waals surface area contributed by atoms with E-state index in [0.29, 0.717) is 6.54 Å². The summed E-state index contributed by atoms with van der Waals surface area (Å²) in [6.07, 6.45) is 0. The first kappa shape index (κ1) is 14.5. The molecule has 0 spiro atoms. The zero-order valence-electron chi connectivity index (χ0n) is 11.4. The van der Waals surface area contributed by atoms with Crippen LogP contribution in [0.3, 0.4) is 0 Å². The van der Waals surface area contributed by atoms with E-state index in [-0.39, 0.29) is 23.9 Å². The summed E-state index contributed by atoms with van der Waals surface area (Å²) in [6.45, 7) is 8.35. The molecule has 1 rings (SSSR count). The second kappa shape index (κ2) is 6.38. The highest BCUT2D eigenvalue weighted by Gasteiger charge is 2.19. The Morgan fingerprint density at radius 2 is 1.67 bits per heavy atom. The first-order valence-electron chi connectivity index (χ1n) is 6.22. The van der Waals surface area contributed by atoms with Gasteiger partial charge in [-0.1, -0.05) is 12.1 Å². The monoisotopic (exact) mass is 252 g/mol. The summed E-state index contributed by atoms with van der Waals surface area (Å²) < 4.78 is 12.7. The Bertz CT molecular complexity index is 379. The van der Waals surface area contributed by atoms with Gasteiger partial charge in [-0.15, -0.1) is 0 Å². The van der Waals surface area contributed by atoms with Crippen LogP contribution in [0.4, 0.5) is 9.18 Å². The molecule has 0 aliphatic carbocycles. The maximum atomic E-state index is 12.7. The predicted octanol–water partition coefficient (Wildman–Crippen LogP) is 3.15. The third kappa shape index (κ3) is 4.02. The van der Waals surface area contributed by atoms with Gasteiger partial charge in [0.25, 0.3) is 0 Å². The molecule has 4 heteroatoms. The average Bonchev–Trinajstić information content (AvgIpc) is 2.27. The van der Waals surface area contributed by atoms with Crippen LogP contribution in [0.25, 0.3) is 0 Å². The fourth-order valence-electron chi connectivity index (χ4n) is 1.94. The molecule has 0 atom stereocenters. The maximum Gasteiger partial charge on any atom is 0.318 e. The molecule has 0 unspecified atom stereocenters. The summed E-state index contributed by atoms with van der Waals surface area (Å²) in [7, 11) is 0. The Morgan fingerprint density at radius 3 is 2.11 bits per heavy atom. The largest absolute Gasteiger partial charge is 0.334 e. The number of nitrogens with zero attached hydrogens (tertiary/aromatic N) is 1. The van der Waals surface area contributed by atoms with Crippen molar-refractivity contribution < 1.29 is 9.18 Å². The molecule has 0 heterocycles. The molecule has 0 saturated heterocycles. The number of hydrogen-bond donors (Lipinski definition) is 1. The fourth-order valence-corrected chi connectivity index (χ4v) is 1.94. The van der Waals surface area contributed by atoms with E-state index >= 15 is 0 Å². The van der Waals surface area contributed by atoms with Crippen LogP contribution < -0.4 is 5.32 Å². The molecule has 0 aliphatic rings. The van der Waals surface area contributed by atoms with Crippen LogP contribution >= 0.6 is 0 Å². The third-order valence-corrected chi connectivity index (χ3v) is 2.70. The van der Waals surface area contributed by atoms with Crippen LogP contribution in [0.15, 0.2) is 24.3 Å². The van der Waals surface area contributed by atoms with E-state index in [1.165, 1.54) is 12.1 Å². The van der Waals surface area contributed by atoms with E-state index in [4.69, 9.17) is 0 Å². The second-order valence-electron chi connectivity index (χ2n) is 4.88. The van der Waals surface area contributed by atoms with Crippen molar-refractivity contribution in [3.8, 4) is 0 Å². The van der Waals surface area contributed by atoms with Crippen molar-refractivity contribution in [3.05, 3.63) is 35.6 Å². The molecule has 0 fully saturated rings. The van der Waals surface area contributed by atoms with Crippen molar-refractivity contribution in [1.29, 1.82) is 0 Å². The number of nitrogens with one attached hydrogen (secondary N) is 1. The lowest BCUT2D eigenvalue weighted by Crippen LogP contribution is -2.47. The second-order valence-corrected chi connectivity index (χ2v) is 4.88. The standard InChI is InChI=1S/C14H21FN2O/c1-10(2)17(11(3)4)14(18)16-9-12-5-7-13(15)8-6-12/h5-8,10-11H,9H2,1-4H3,(H,16,18). The van der Waals surface area contributed by atoms with Crippen molar-refractivity contribution in [2.75, 3.05) is 0 Å². The molecule has 0 aromatic heterocycles. The van der Waals surface area contributed by atoms with Crippen molar-refractivity contribution >= 4 is 6.03 Å². The van der Waals surface area contributed by atoms with E-state index in [1.807, 2.05) is 27.7 Å². The molecule has 1 N–H and O–H groups in total. The quantitative estimate of drug-likeness (QED) is 0.877. The molecule has 0 aliphatic heterocycles. The summed E-state index contributed by atoms with van der Waals surface area (Å²) in [5.41, 5.74) is 0.886. The number of hydrogen-bond acceptors (Lipinski definition) is 1. The first-order chi connectivity index (χ1) is 8.41. The van der Waals surface area contributed by atoms with Gasteiger partial charge in [-0.2, -0.15) is 0 Å². The lowest BCUT2D eigenvalue weighted by atomic mass is 10.2. The minimum Gasteiger partial charge on any atom is -0.334 e. The number of halogens is 1. The van der Waals surface area contributed by atoms with Gasteiger partial charge in [-0.05, 0) is 45.4 Å². The van der Waals surface area contributed by atoms with Crippen LogP contribution in [0.1, 0.15) is 33.3 Å². The van der Waals surface area contributed by atoms with Crippen LogP contribution in [0, 0.1) is 5.82 Å². The lowest BCUT2D eigenvalue weighted by Gasteiger charge is -2.30. The van der Waals surface area contributed by atoms with Gasteiger partial charge in [-0.3, -0.25) is 0 Å². The van der Waals surface area contributed by atoms with Gasteiger partial charge in [0, 0.05) is 18.6 Å². The van der Waals surface area contributed by atoms with Crippen molar-refractivity contribution in [3.63, 3.8) is 0 Å². The summed E-state index contributed by atoms with van der Waals surface area (Å²) in [5.74, 6) is -0.268. The van der Waals surface area contributed by atoms with Crippen LogP contribution in [0.2, 0.25) is 0 Å². The number of amides is 2. The molecule has 18 heavy (non-hydrogen) atoms. The van der Waals surface area contributed by atoms with Crippen molar-refractivity contribution in [2.45, 2.75) is 46.3 Å². The van der Waals surface area contributed by atoms with Gasteiger partial charge in [0.1, 0.15) is 5.82 Å². The molecule has 0 radical (unpaired) electrons. The van der Waals surface area contributed by atoms with E-state index in [1.54, 1.807) is 17.0 Å². The van der Waals surface area contributed by atoms with Gasteiger partial charge in [0.2, 0.25) is 0 Å².